The second-order valence-corrected chi connectivity index (χ2v) is 9.11. The Balaban J connectivity index is 1.52. The predicted octanol–water partition coefficient (Wildman–Crippen LogP) is 9.76. The number of fused-ring (bicyclic) bond motifs is 1. The maximum atomic E-state index is 15.2. The molecule has 0 aliphatic rings. The highest BCUT2D eigenvalue weighted by Crippen LogP contribution is 2.35. The average Bonchev–Trinajstić information content (AvgIpc) is 2.87. The summed E-state index contributed by atoms with van der Waals surface area (Å²) in [5.41, 5.74) is 0.617. The Hall–Kier alpha value is -4.64. The van der Waals surface area contributed by atoms with E-state index in [-0.39, 0.29) is 27.5 Å². The van der Waals surface area contributed by atoms with Crippen molar-refractivity contribution in [2.75, 3.05) is 0 Å². The van der Waals surface area contributed by atoms with Gasteiger partial charge in [0.05, 0.1) is 11.1 Å². The van der Waals surface area contributed by atoms with Crippen LogP contribution in [0, 0.1) is 47.9 Å². The summed E-state index contributed by atoms with van der Waals surface area (Å²) in [7, 11) is 0. The number of aryl methyl sites for hydroxylation is 1. The molecule has 0 fully saturated rings. The van der Waals surface area contributed by atoms with E-state index in [0.29, 0.717) is 5.56 Å². The highest BCUT2D eigenvalue weighted by Gasteiger charge is 2.24. The van der Waals surface area contributed by atoms with Crippen LogP contribution in [0.15, 0.2) is 78.9 Å². The first-order chi connectivity index (χ1) is 18.9. The van der Waals surface area contributed by atoms with Gasteiger partial charge < -0.3 is 0 Å². The number of hydrogen-bond acceptors (Lipinski definition) is 0. The van der Waals surface area contributed by atoms with Crippen LogP contribution in [0.3, 0.4) is 0 Å². The van der Waals surface area contributed by atoms with E-state index in [1.165, 1.54) is 18.1 Å². The van der Waals surface area contributed by atoms with Gasteiger partial charge in [-0.1, -0.05) is 60.0 Å². The van der Waals surface area contributed by atoms with Gasteiger partial charge in [0.25, 0.3) is 0 Å². The van der Waals surface area contributed by atoms with Crippen LogP contribution in [0.2, 0.25) is 0 Å². The van der Waals surface area contributed by atoms with Crippen molar-refractivity contribution in [2.24, 2.45) is 0 Å². The van der Waals surface area contributed by atoms with Crippen LogP contribution in [-0.4, -0.2) is 6.18 Å². The molecule has 0 unspecified atom stereocenters. The highest BCUT2D eigenvalue weighted by atomic mass is 19.4. The summed E-state index contributed by atoms with van der Waals surface area (Å²) in [4.78, 5) is 0. The molecule has 40 heavy (non-hydrogen) atoms. The third-order valence-electron chi connectivity index (χ3n) is 6.35. The van der Waals surface area contributed by atoms with Crippen molar-refractivity contribution >= 4 is 10.8 Å². The molecule has 0 bridgehead atoms. The van der Waals surface area contributed by atoms with Crippen LogP contribution < -0.4 is 0 Å². The molecule has 5 rings (SSSR count). The van der Waals surface area contributed by atoms with Gasteiger partial charge in [0, 0.05) is 16.9 Å². The van der Waals surface area contributed by atoms with E-state index in [1.807, 2.05) is 31.2 Å². The zero-order valence-corrected chi connectivity index (χ0v) is 20.5. The summed E-state index contributed by atoms with van der Waals surface area (Å²) < 4.78 is 112. The number of rotatable bonds is 3. The van der Waals surface area contributed by atoms with Gasteiger partial charge >= 0.3 is 6.18 Å². The maximum Gasteiger partial charge on any atom is 0.458 e. The normalized spacial score (nSPS) is 11.4. The lowest BCUT2D eigenvalue weighted by atomic mass is 9.95. The van der Waals surface area contributed by atoms with E-state index >= 15 is 13.2 Å². The fraction of sp³-hybridized carbons (Fsp3) is 0.0625. The standard InChI is InChI=1S/C32H16F8/c1-17-2-4-18(5-3-17)19-6-8-23(26(33)13-19)22-15-28(35)30(29(36)16-22)20-7-9-24-21(12-20)14-27(34)25(31(24)37)10-11-32(38,39)40/h2-9,12-16H,1H3. The van der Waals surface area contributed by atoms with E-state index in [1.54, 1.807) is 6.07 Å². The lowest BCUT2D eigenvalue weighted by Crippen LogP contribution is -2.02. The van der Waals surface area contributed by atoms with E-state index in [2.05, 4.69) is 0 Å². The largest absolute Gasteiger partial charge is 0.458 e. The van der Waals surface area contributed by atoms with Gasteiger partial charge in [0.15, 0.2) is 0 Å². The molecular formula is C32H16F8. The van der Waals surface area contributed by atoms with Gasteiger partial charge in [0.1, 0.15) is 29.1 Å². The predicted molar refractivity (Wildman–Crippen MR) is 138 cm³/mol. The second-order valence-electron chi connectivity index (χ2n) is 9.11. The van der Waals surface area contributed by atoms with E-state index < -0.39 is 46.4 Å². The molecule has 0 aliphatic heterocycles. The fourth-order valence-corrected chi connectivity index (χ4v) is 4.41. The summed E-state index contributed by atoms with van der Waals surface area (Å²) in [5, 5.41) is -0.435. The minimum absolute atomic E-state index is 0.0321. The molecule has 5 aromatic rings. The highest BCUT2D eigenvalue weighted by molar-refractivity contribution is 5.89. The molecule has 0 radical (unpaired) electrons. The number of hydrogen-bond donors (Lipinski definition) is 0. The summed E-state index contributed by atoms with van der Waals surface area (Å²) in [6.45, 7) is 1.92. The molecule has 0 atom stereocenters. The molecule has 0 spiro atoms. The fourth-order valence-electron chi connectivity index (χ4n) is 4.41. The average molecular weight is 552 g/mol. The molecule has 0 N–H and O–H groups in total. The molecule has 5 aromatic carbocycles. The summed E-state index contributed by atoms with van der Waals surface area (Å²) in [6, 6.07) is 17.7. The smallest absolute Gasteiger partial charge is 0.206 e. The topological polar surface area (TPSA) is 0 Å². The zero-order valence-electron chi connectivity index (χ0n) is 20.5. The van der Waals surface area contributed by atoms with Gasteiger partial charge in [-0.05, 0) is 64.9 Å². The molecular weight excluding hydrogens is 536 g/mol. The molecule has 200 valence electrons. The second kappa shape index (κ2) is 10.2. The van der Waals surface area contributed by atoms with E-state index in [4.69, 9.17) is 0 Å². The Morgan fingerprint density at radius 1 is 0.575 bits per heavy atom. The van der Waals surface area contributed by atoms with Crippen molar-refractivity contribution in [3.63, 3.8) is 0 Å². The third kappa shape index (κ3) is 5.28. The van der Waals surface area contributed by atoms with Crippen molar-refractivity contribution in [1.82, 2.24) is 0 Å². The molecule has 0 aliphatic carbocycles. The van der Waals surface area contributed by atoms with Gasteiger partial charge in [-0.3, -0.25) is 0 Å². The van der Waals surface area contributed by atoms with E-state index in [9.17, 15) is 22.0 Å². The van der Waals surface area contributed by atoms with Gasteiger partial charge in [-0.2, -0.15) is 13.2 Å². The van der Waals surface area contributed by atoms with Gasteiger partial charge in [-0.15, -0.1) is 0 Å². The number of halogens is 8. The summed E-state index contributed by atoms with van der Waals surface area (Å²) >= 11 is 0. The summed E-state index contributed by atoms with van der Waals surface area (Å²) in [6.07, 6.45) is -4.95. The molecule has 0 heterocycles. The Bertz CT molecular complexity index is 1820. The number of benzene rings is 5. The first kappa shape index (κ1) is 26.9. The number of alkyl halides is 3. The molecule has 8 heteroatoms. The van der Waals surface area contributed by atoms with Crippen LogP contribution in [0.4, 0.5) is 35.1 Å². The minimum atomic E-state index is -4.95. The Morgan fingerprint density at radius 3 is 1.80 bits per heavy atom. The van der Waals surface area contributed by atoms with Gasteiger partial charge in [0.2, 0.25) is 0 Å². The van der Waals surface area contributed by atoms with Crippen LogP contribution in [-0.2, 0) is 0 Å². The van der Waals surface area contributed by atoms with Crippen LogP contribution in [0.25, 0.3) is 44.2 Å². The Labute approximate surface area is 223 Å². The summed E-state index contributed by atoms with van der Waals surface area (Å²) in [5.74, 6) is -3.23. The van der Waals surface area contributed by atoms with Crippen molar-refractivity contribution in [3.8, 4) is 45.2 Å². The SMILES string of the molecule is Cc1ccc(-c2ccc(-c3cc(F)c(-c4ccc5c(F)c(C#CC(F)(F)F)c(F)cc5c4)c(F)c3)c(F)c2)cc1. The zero-order chi connectivity index (χ0) is 28.8. The van der Waals surface area contributed by atoms with Gasteiger partial charge in [-0.25, -0.2) is 22.0 Å². The van der Waals surface area contributed by atoms with Crippen molar-refractivity contribution < 1.29 is 35.1 Å². The molecule has 0 saturated heterocycles. The maximum absolute atomic E-state index is 15.2. The lowest BCUT2D eigenvalue weighted by Gasteiger charge is -2.12. The Kier molecular flexibility index (Phi) is 6.84. The quantitative estimate of drug-likeness (QED) is 0.154. The molecule has 0 aromatic heterocycles. The lowest BCUT2D eigenvalue weighted by molar-refractivity contribution is -0.0696. The van der Waals surface area contributed by atoms with Crippen LogP contribution >= 0.6 is 0 Å². The van der Waals surface area contributed by atoms with E-state index in [0.717, 1.165) is 53.4 Å². The Morgan fingerprint density at radius 2 is 1.18 bits per heavy atom. The third-order valence-corrected chi connectivity index (χ3v) is 6.35. The van der Waals surface area contributed by atoms with Crippen molar-refractivity contribution in [2.45, 2.75) is 13.1 Å². The van der Waals surface area contributed by atoms with Crippen LogP contribution in [0.1, 0.15) is 11.1 Å². The molecule has 0 amide bonds. The minimum Gasteiger partial charge on any atom is -0.206 e. The molecule has 0 nitrogen and oxygen atoms in total. The first-order valence-electron chi connectivity index (χ1n) is 11.8. The van der Waals surface area contributed by atoms with Crippen molar-refractivity contribution in [1.29, 1.82) is 0 Å². The first-order valence-corrected chi connectivity index (χ1v) is 11.8. The van der Waals surface area contributed by atoms with Crippen LogP contribution in [0.5, 0.6) is 0 Å². The molecule has 0 saturated carbocycles. The monoisotopic (exact) mass is 552 g/mol. The van der Waals surface area contributed by atoms with Crippen molar-refractivity contribution in [3.05, 3.63) is 119 Å².